The van der Waals surface area contributed by atoms with E-state index in [1.54, 1.807) is 37.7 Å². The number of rotatable bonds is 9. The van der Waals surface area contributed by atoms with Gasteiger partial charge in [0.2, 0.25) is 5.95 Å². The average molecular weight is 543 g/mol. The lowest BCUT2D eigenvalue weighted by atomic mass is 10.0. The van der Waals surface area contributed by atoms with E-state index in [0.29, 0.717) is 11.7 Å². The number of nitrogens with zero attached hydrogens (tertiary/aromatic N) is 5. The van der Waals surface area contributed by atoms with Crippen LogP contribution < -0.4 is 15.5 Å². The largest absolute Gasteiger partial charge is 0.466 e. The fourth-order valence-corrected chi connectivity index (χ4v) is 3.37. The Morgan fingerprint density at radius 1 is 1.19 bits per heavy atom. The number of piperazine rings is 1. The third-order valence-electron chi connectivity index (χ3n) is 5.09. The summed E-state index contributed by atoms with van der Waals surface area (Å²) in [6.07, 6.45) is 6.15. The van der Waals surface area contributed by atoms with Gasteiger partial charge < -0.3 is 25.1 Å². The number of furan rings is 1. The molecule has 0 spiro atoms. The highest BCUT2D eigenvalue weighted by Crippen LogP contribution is 2.21. The van der Waals surface area contributed by atoms with Gasteiger partial charge in [0.15, 0.2) is 5.96 Å². The first kappa shape index (κ1) is 25.3. The Morgan fingerprint density at radius 3 is 2.58 bits per heavy atom. The van der Waals surface area contributed by atoms with Crippen LogP contribution in [0.3, 0.4) is 0 Å². The minimum Gasteiger partial charge on any atom is -0.466 e. The molecule has 0 aromatic carbocycles. The number of aliphatic imine (C=N–C) groups is 1. The lowest BCUT2D eigenvalue weighted by molar-refractivity contribution is 0.0437. The van der Waals surface area contributed by atoms with Crippen LogP contribution in [-0.2, 0) is 5.60 Å². The van der Waals surface area contributed by atoms with Crippen LogP contribution in [0, 0.1) is 0 Å². The second-order valence-corrected chi connectivity index (χ2v) is 7.60. The molecule has 0 radical (unpaired) electrons. The molecule has 1 unspecified atom stereocenters. The van der Waals surface area contributed by atoms with Crippen molar-refractivity contribution in [2.24, 2.45) is 4.99 Å². The summed E-state index contributed by atoms with van der Waals surface area (Å²) in [5.41, 5.74) is -1.13. The molecule has 1 fully saturated rings. The SMILES string of the molecule is CCNC(=NCC(C)(O)c1ccco1)NCCCN1CCN(c2ncccn2)CC1.I. The molecule has 3 rings (SSSR count). The van der Waals surface area contributed by atoms with Gasteiger partial charge in [0.25, 0.3) is 0 Å². The van der Waals surface area contributed by atoms with Crippen molar-refractivity contribution in [3.63, 3.8) is 0 Å². The zero-order valence-electron chi connectivity index (χ0n) is 18.3. The third kappa shape index (κ3) is 7.93. The smallest absolute Gasteiger partial charge is 0.225 e. The van der Waals surface area contributed by atoms with Gasteiger partial charge in [0.1, 0.15) is 11.4 Å². The number of hydrogen-bond acceptors (Lipinski definition) is 7. The van der Waals surface area contributed by atoms with E-state index < -0.39 is 5.60 Å². The van der Waals surface area contributed by atoms with E-state index in [1.807, 2.05) is 13.0 Å². The average Bonchev–Trinajstić information content (AvgIpc) is 3.32. The minimum atomic E-state index is -1.13. The highest BCUT2D eigenvalue weighted by Gasteiger charge is 2.26. The Balaban J connectivity index is 0.00000341. The van der Waals surface area contributed by atoms with E-state index in [2.05, 4.69) is 35.4 Å². The molecule has 0 amide bonds. The van der Waals surface area contributed by atoms with E-state index in [0.717, 1.165) is 58.2 Å². The van der Waals surface area contributed by atoms with Gasteiger partial charge in [-0.15, -0.1) is 24.0 Å². The van der Waals surface area contributed by atoms with Gasteiger partial charge in [0, 0.05) is 51.7 Å². The topological polar surface area (TPSA) is 102 Å². The molecule has 1 atom stereocenters. The van der Waals surface area contributed by atoms with Crippen molar-refractivity contribution in [3.8, 4) is 0 Å². The van der Waals surface area contributed by atoms with E-state index in [9.17, 15) is 5.11 Å². The van der Waals surface area contributed by atoms with Crippen molar-refractivity contribution >= 4 is 35.9 Å². The fraction of sp³-hybridized carbons (Fsp3) is 0.571. The van der Waals surface area contributed by atoms with Crippen molar-refractivity contribution in [1.29, 1.82) is 0 Å². The molecule has 1 aliphatic rings. The normalized spacial score (nSPS) is 17.0. The van der Waals surface area contributed by atoms with Gasteiger partial charge in [-0.25, -0.2) is 15.0 Å². The zero-order chi connectivity index (χ0) is 21.2. The number of hydrogen-bond donors (Lipinski definition) is 3. The highest BCUT2D eigenvalue weighted by atomic mass is 127. The summed E-state index contributed by atoms with van der Waals surface area (Å²) in [5.74, 6) is 2.04. The summed E-state index contributed by atoms with van der Waals surface area (Å²) in [6.45, 7) is 10.5. The van der Waals surface area contributed by atoms with Crippen molar-refractivity contribution in [2.45, 2.75) is 25.9 Å². The summed E-state index contributed by atoms with van der Waals surface area (Å²) in [5, 5.41) is 17.1. The van der Waals surface area contributed by atoms with Crippen LogP contribution in [0.5, 0.6) is 0 Å². The lowest BCUT2D eigenvalue weighted by Crippen LogP contribution is -2.47. The molecule has 1 saturated heterocycles. The molecule has 3 N–H and O–H groups in total. The van der Waals surface area contributed by atoms with Crippen LogP contribution in [-0.4, -0.2) is 78.3 Å². The van der Waals surface area contributed by atoms with Crippen LogP contribution in [0.15, 0.2) is 46.3 Å². The summed E-state index contributed by atoms with van der Waals surface area (Å²) >= 11 is 0. The standard InChI is InChI=1S/C21H33N7O2.HI/c1-3-22-19(26-17-21(2,29)18-7-4-16-30-18)23-10-6-11-27-12-14-28(15-13-27)20-24-8-5-9-25-20;/h4-5,7-9,16,29H,3,6,10-15,17H2,1-2H3,(H2,22,23,26);1H. The van der Waals surface area contributed by atoms with Gasteiger partial charge in [0.05, 0.1) is 12.8 Å². The Morgan fingerprint density at radius 2 is 1.94 bits per heavy atom. The number of aliphatic hydroxyl groups is 1. The maximum Gasteiger partial charge on any atom is 0.225 e. The molecule has 31 heavy (non-hydrogen) atoms. The molecule has 10 heteroatoms. The van der Waals surface area contributed by atoms with E-state index in [4.69, 9.17) is 4.42 Å². The number of halogens is 1. The zero-order valence-corrected chi connectivity index (χ0v) is 20.7. The Labute approximate surface area is 201 Å². The molecular weight excluding hydrogens is 509 g/mol. The number of aromatic nitrogens is 2. The second-order valence-electron chi connectivity index (χ2n) is 7.60. The van der Waals surface area contributed by atoms with Crippen LogP contribution in [0.2, 0.25) is 0 Å². The Kier molecular flexibility index (Phi) is 10.5. The van der Waals surface area contributed by atoms with Crippen LogP contribution in [0.1, 0.15) is 26.0 Å². The molecular formula is C21H34IN7O2. The molecule has 0 saturated carbocycles. The van der Waals surface area contributed by atoms with Crippen molar-refractivity contribution in [3.05, 3.63) is 42.6 Å². The van der Waals surface area contributed by atoms with Crippen molar-refractivity contribution < 1.29 is 9.52 Å². The van der Waals surface area contributed by atoms with Crippen LogP contribution in [0.4, 0.5) is 5.95 Å². The second kappa shape index (κ2) is 12.8. The quantitative estimate of drug-likeness (QED) is 0.190. The third-order valence-corrected chi connectivity index (χ3v) is 5.09. The summed E-state index contributed by atoms with van der Waals surface area (Å²) in [7, 11) is 0. The Hall–Kier alpha value is -1.92. The molecule has 0 bridgehead atoms. The molecule has 3 heterocycles. The predicted octanol–water partition coefficient (Wildman–Crippen LogP) is 1.66. The van der Waals surface area contributed by atoms with E-state index >= 15 is 0 Å². The maximum absolute atomic E-state index is 10.6. The van der Waals surface area contributed by atoms with Gasteiger partial charge in [-0.05, 0) is 45.0 Å². The van der Waals surface area contributed by atoms with E-state index in [-0.39, 0.29) is 30.5 Å². The Bertz CT molecular complexity index is 763. The first-order valence-electron chi connectivity index (χ1n) is 10.6. The molecule has 2 aromatic heterocycles. The summed E-state index contributed by atoms with van der Waals surface area (Å²) in [4.78, 5) is 17.9. The van der Waals surface area contributed by atoms with Gasteiger partial charge in [-0.3, -0.25) is 4.90 Å². The minimum absolute atomic E-state index is 0. The summed E-state index contributed by atoms with van der Waals surface area (Å²) < 4.78 is 5.32. The monoisotopic (exact) mass is 543 g/mol. The van der Waals surface area contributed by atoms with Crippen molar-refractivity contribution in [2.75, 3.05) is 57.3 Å². The molecule has 0 aliphatic carbocycles. The van der Waals surface area contributed by atoms with Crippen LogP contribution in [0.25, 0.3) is 0 Å². The number of nitrogens with one attached hydrogen (secondary N) is 2. The maximum atomic E-state index is 10.6. The molecule has 9 nitrogen and oxygen atoms in total. The lowest BCUT2D eigenvalue weighted by Gasteiger charge is -2.34. The number of guanidine groups is 1. The first-order valence-corrected chi connectivity index (χ1v) is 10.6. The summed E-state index contributed by atoms with van der Waals surface area (Å²) in [6, 6.07) is 5.37. The predicted molar refractivity (Wildman–Crippen MR) is 133 cm³/mol. The van der Waals surface area contributed by atoms with Gasteiger partial charge in [-0.1, -0.05) is 0 Å². The molecule has 1 aliphatic heterocycles. The molecule has 2 aromatic rings. The van der Waals surface area contributed by atoms with E-state index in [1.165, 1.54) is 0 Å². The highest BCUT2D eigenvalue weighted by molar-refractivity contribution is 14.0. The fourth-order valence-electron chi connectivity index (χ4n) is 3.37. The van der Waals surface area contributed by atoms with Crippen LogP contribution >= 0.6 is 24.0 Å². The van der Waals surface area contributed by atoms with Gasteiger partial charge >= 0.3 is 0 Å². The van der Waals surface area contributed by atoms with Crippen molar-refractivity contribution in [1.82, 2.24) is 25.5 Å². The first-order chi connectivity index (χ1) is 14.6. The van der Waals surface area contributed by atoms with Gasteiger partial charge in [-0.2, -0.15) is 0 Å². The number of anilines is 1. The molecule has 172 valence electrons.